The Morgan fingerprint density at radius 1 is 1.17 bits per heavy atom. The Balaban J connectivity index is 2.41. The summed E-state index contributed by atoms with van der Waals surface area (Å²) in [7, 11) is 0. The van der Waals surface area contributed by atoms with Crippen LogP contribution in [0.25, 0.3) is 0 Å². The van der Waals surface area contributed by atoms with Crippen LogP contribution < -0.4 is 5.32 Å². The molecule has 0 aromatic rings. The Bertz CT molecular complexity index is 239. The van der Waals surface area contributed by atoms with Crippen molar-refractivity contribution >= 4 is 0 Å². The molecule has 0 saturated heterocycles. The van der Waals surface area contributed by atoms with Crippen LogP contribution in [0.4, 0.5) is 0 Å². The molecule has 2 heteroatoms. The van der Waals surface area contributed by atoms with Crippen LogP contribution >= 0.6 is 0 Å². The number of hydrogen-bond acceptors (Lipinski definition) is 2. The highest BCUT2D eigenvalue weighted by atomic mass is 16.5. The van der Waals surface area contributed by atoms with Crippen molar-refractivity contribution in [3.05, 3.63) is 0 Å². The first-order chi connectivity index (χ1) is 8.30. The average molecular weight is 255 g/mol. The van der Waals surface area contributed by atoms with Crippen molar-refractivity contribution in [1.29, 1.82) is 0 Å². The lowest BCUT2D eigenvalue weighted by molar-refractivity contribution is -0.115. The summed E-state index contributed by atoms with van der Waals surface area (Å²) in [6.07, 6.45) is 1.61. The van der Waals surface area contributed by atoms with Gasteiger partial charge in [-0.05, 0) is 37.6 Å². The summed E-state index contributed by atoms with van der Waals surface area (Å²) >= 11 is 0. The highest BCUT2D eigenvalue weighted by Gasteiger charge is 2.48. The zero-order chi connectivity index (χ0) is 13.9. The molecule has 1 fully saturated rings. The lowest BCUT2D eigenvalue weighted by Gasteiger charge is -2.52. The first kappa shape index (κ1) is 16.0. The molecule has 0 heterocycles. The van der Waals surface area contributed by atoms with Crippen molar-refractivity contribution < 1.29 is 4.74 Å². The molecule has 18 heavy (non-hydrogen) atoms. The van der Waals surface area contributed by atoms with E-state index in [1.54, 1.807) is 0 Å². The fourth-order valence-electron chi connectivity index (χ4n) is 3.24. The molecule has 2 atom stereocenters. The summed E-state index contributed by atoms with van der Waals surface area (Å²) < 4.78 is 5.79. The summed E-state index contributed by atoms with van der Waals surface area (Å²) in [4.78, 5) is 0. The third kappa shape index (κ3) is 3.48. The zero-order valence-electron chi connectivity index (χ0n) is 13.4. The van der Waals surface area contributed by atoms with Crippen LogP contribution in [0.5, 0.6) is 0 Å². The van der Waals surface area contributed by atoms with Crippen LogP contribution in [0, 0.1) is 23.2 Å². The second-order valence-electron chi connectivity index (χ2n) is 7.11. The third-order valence-electron chi connectivity index (χ3n) is 4.86. The minimum Gasteiger partial charge on any atom is -0.378 e. The molecule has 108 valence electrons. The van der Waals surface area contributed by atoms with Crippen molar-refractivity contribution in [1.82, 2.24) is 5.32 Å². The molecule has 1 rings (SSSR count). The van der Waals surface area contributed by atoms with Gasteiger partial charge in [-0.3, -0.25) is 0 Å². The molecule has 0 radical (unpaired) electrons. The minimum atomic E-state index is 0.286. The lowest BCUT2D eigenvalue weighted by atomic mass is 9.64. The summed E-state index contributed by atoms with van der Waals surface area (Å²) in [5.41, 5.74) is 0.286. The standard InChI is InChI=1S/C16H33NO/c1-8-18-15-9-14(16(15,6)7)17-10-13(11(2)3)12(4)5/h11-15,17H,8-10H2,1-7H3. The number of nitrogens with one attached hydrogen (secondary N) is 1. The minimum absolute atomic E-state index is 0.286. The Kier molecular flexibility index (Phi) is 5.67. The van der Waals surface area contributed by atoms with Gasteiger partial charge in [0.25, 0.3) is 0 Å². The maximum absolute atomic E-state index is 5.79. The quantitative estimate of drug-likeness (QED) is 0.749. The Morgan fingerprint density at radius 3 is 2.11 bits per heavy atom. The van der Waals surface area contributed by atoms with Crippen LogP contribution in [0.15, 0.2) is 0 Å². The molecule has 1 saturated carbocycles. The SMILES string of the molecule is CCOC1CC(NCC(C(C)C)C(C)C)C1(C)C. The molecular formula is C16H33NO. The van der Waals surface area contributed by atoms with Crippen LogP contribution in [0.3, 0.4) is 0 Å². The molecule has 1 N–H and O–H groups in total. The summed E-state index contributed by atoms with van der Waals surface area (Å²) in [5, 5.41) is 3.78. The maximum Gasteiger partial charge on any atom is 0.0655 e. The summed E-state index contributed by atoms with van der Waals surface area (Å²) in [6.45, 7) is 18.1. The monoisotopic (exact) mass is 255 g/mol. The Hall–Kier alpha value is -0.0800. The predicted octanol–water partition coefficient (Wildman–Crippen LogP) is 3.71. The van der Waals surface area contributed by atoms with Crippen LogP contribution in [-0.4, -0.2) is 25.3 Å². The van der Waals surface area contributed by atoms with E-state index < -0.39 is 0 Å². The van der Waals surface area contributed by atoms with Gasteiger partial charge in [-0.1, -0.05) is 41.5 Å². The highest BCUT2D eigenvalue weighted by molar-refractivity contribution is 5.02. The van der Waals surface area contributed by atoms with Crippen molar-refractivity contribution in [2.24, 2.45) is 23.2 Å². The van der Waals surface area contributed by atoms with E-state index in [2.05, 4.69) is 53.8 Å². The van der Waals surface area contributed by atoms with Gasteiger partial charge in [-0.2, -0.15) is 0 Å². The summed E-state index contributed by atoms with van der Waals surface area (Å²) in [6, 6.07) is 0.619. The van der Waals surface area contributed by atoms with E-state index in [0.29, 0.717) is 12.1 Å². The second-order valence-corrected chi connectivity index (χ2v) is 7.11. The van der Waals surface area contributed by atoms with Gasteiger partial charge in [0.05, 0.1) is 6.10 Å². The third-order valence-corrected chi connectivity index (χ3v) is 4.86. The smallest absolute Gasteiger partial charge is 0.0655 e. The molecule has 0 aromatic carbocycles. The fraction of sp³-hybridized carbons (Fsp3) is 1.00. The topological polar surface area (TPSA) is 21.3 Å². The van der Waals surface area contributed by atoms with E-state index in [9.17, 15) is 0 Å². The van der Waals surface area contributed by atoms with E-state index >= 15 is 0 Å². The molecule has 2 nitrogen and oxygen atoms in total. The van der Waals surface area contributed by atoms with Gasteiger partial charge in [0, 0.05) is 18.1 Å². The summed E-state index contributed by atoms with van der Waals surface area (Å²) in [5.74, 6) is 2.28. The van der Waals surface area contributed by atoms with Gasteiger partial charge in [0.2, 0.25) is 0 Å². The van der Waals surface area contributed by atoms with Crippen molar-refractivity contribution in [2.45, 2.75) is 67.0 Å². The van der Waals surface area contributed by atoms with Crippen LogP contribution in [0.2, 0.25) is 0 Å². The predicted molar refractivity (Wildman–Crippen MR) is 78.8 cm³/mol. The van der Waals surface area contributed by atoms with E-state index in [-0.39, 0.29) is 5.41 Å². The maximum atomic E-state index is 5.79. The molecule has 1 aliphatic carbocycles. The van der Waals surface area contributed by atoms with E-state index in [1.165, 1.54) is 6.42 Å². The molecule has 0 aliphatic heterocycles. The second kappa shape index (κ2) is 6.38. The van der Waals surface area contributed by atoms with Gasteiger partial charge in [-0.25, -0.2) is 0 Å². The molecule has 0 bridgehead atoms. The largest absolute Gasteiger partial charge is 0.378 e. The molecule has 0 amide bonds. The van der Waals surface area contributed by atoms with Gasteiger partial charge in [0.1, 0.15) is 0 Å². The van der Waals surface area contributed by atoms with E-state index in [1.807, 2.05) is 0 Å². The number of hydrogen-bond donors (Lipinski definition) is 1. The molecule has 1 aliphatic rings. The van der Waals surface area contributed by atoms with E-state index in [0.717, 1.165) is 30.9 Å². The lowest BCUT2D eigenvalue weighted by Crippen LogP contribution is -2.61. The average Bonchev–Trinajstić information content (AvgIpc) is 2.25. The van der Waals surface area contributed by atoms with Crippen LogP contribution in [-0.2, 0) is 4.74 Å². The number of ether oxygens (including phenoxy) is 1. The highest BCUT2D eigenvalue weighted by Crippen LogP contribution is 2.42. The van der Waals surface area contributed by atoms with Crippen molar-refractivity contribution in [3.63, 3.8) is 0 Å². The van der Waals surface area contributed by atoms with Crippen molar-refractivity contribution in [2.75, 3.05) is 13.2 Å². The molecular weight excluding hydrogens is 222 g/mol. The Morgan fingerprint density at radius 2 is 1.72 bits per heavy atom. The normalized spacial score (nSPS) is 27.0. The first-order valence-corrected chi connectivity index (χ1v) is 7.65. The molecule has 0 aromatic heterocycles. The number of rotatable bonds is 7. The first-order valence-electron chi connectivity index (χ1n) is 7.65. The van der Waals surface area contributed by atoms with Gasteiger partial charge < -0.3 is 10.1 Å². The zero-order valence-corrected chi connectivity index (χ0v) is 13.4. The van der Waals surface area contributed by atoms with Gasteiger partial charge in [-0.15, -0.1) is 0 Å². The molecule has 2 unspecified atom stereocenters. The van der Waals surface area contributed by atoms with E-state index in [4.69, 9.17) is 4.74 Å². The molecule has 0 spiro atoms. The fourth-order valence-corrected chi connectivity index (χ4v) is 3.24. The van der Waals surface area contributed by atoms with Crippen LogP contribution in [0.1, 0.15) is 54.9 Å². The Labute approximate surface area is 114 Å². The van der Waals surface area contributed by atoms with Crippen molar-refractivity contribution in [3.8, 4) is 0 Å². The van der Waals surface area contributed by atoms with Gasteiger partial charge >= 0.3 is 0 Å². The van der Waals surface area contributed by atoms with Gasteiger partial charge in [0.15, 0.2) is 0 Å².